The van der Waals surface area contributed by atoms with Crippen LogP contribution in [0.5, 0.6) is 0 Å². The first-order valence-electron chi connectivity index (χ1n) is 7.53. The first kappa shape index (κ1) is 17.2. The number of ether oxygens (including phenoxy) is 1. The van der Waals surface area contributed by atoms with Gasteiger partial charge >= 0.3 is 11.7 Å². The molecule has 0 aliphatic carbocycles. The van der Waals surface area contributed by atoms with Crippen LogP contribution >= 0.6 is 0 Å². The molecule has 0 N–H and O–H groups in total. The molecule has 0 spiro atoms. The van der Waals surface area contributed by atoms with E-state index >= 15 is 0 Å². The number of carbonyl (C=O) groups is 1. The highest BCUT2D eigenvalue weighted by molar-refractivity contribution is 6.41. The number of hydrogen-bond acceptors (Lipinski definition) is 4. The Hall–Kier alpha value is -3.11. The van der Waals surface area contributed by atoms with E-state index in [1.807, 2.05) is 44.2 Å². The summed E-state index contributed by atoms with van der Waals surface area (Å²) in [7, 11) is 0. The maximum absolute atomic E-state index is 12.0. The minimum Gasteiger partial charge on any atom is -0.457 e. The van der Waals surface area contributed by atoms with Crippen molar-refractivity contribution >= 4 is 23.1 Å². The van der Waals surface area contributed by atoms with Crippen LogP contribution < -0.4 is 0 Å². The van der Waals surface area contributed by atoms with Gasteiger partial charge in [-0.3, -0.25) is 0 Å². The summed E-state index contributed by atoms with van der Waals surface area (Å²) in [5.41, 5.74) is 12.5. The van der Waals surface area contributed by atoms with E-state index in [1.165, 1.54) is 0 Å². The third-order valence-corrected chi connectivity index (χ3v) is 3.28. The first-order valence-corrected chi connectivity index (χ1v) is 7.53. The smallest absolute Gasteiger partial charge is 0.422 e. The van der Waals surface area contributed by atoms with E-state index in [-0.39, 0.29) is 12.3 Å². The summed E-state index contributed by atoms with van der Waals surface area (Å²) >= 11 is 0. The summed E-state index contributed by atoms with van der Waals surface area (Å²) in [5.74, 6) is -0.711. The molecule has 0 unspecified atom stereocenters. The van der Waals surface area contributed by atoms with Crippen LogP contribution in [-0.4, -0.2) is 23.1 Å². The first-order chi connectivity index (χ1) is 11.5. The number of esters is 1. The molecule has 2 aromatic carbocycles. The quantitative estimate of drug-likeness (QED) is 0.355. The van der Waals surface area contributed by atoms with E-state index in [0.29, 0.717) is 16.9 Å². The fraction of sp³-hybridized carbons (Fsp3) is 0.222. The van der Waals surface area contributed by atoms with Crippen molar-refractivity contribution in [3.05, 3.63) is 64.7 Å². The molecule has 0 heterocycles. The Morgan fingerprint density at radius 2 is 1.75 bits per heavy atom. The van der Waals surface area contributed by atoms with Crippen molar-refractivity contribution in [2.24, 2.45) is 10.2 Å². The molecule has 2 aromatic rings. The fourth-order valence-electron chi connectivity index (χ4n) is 2.05. The number of azo groups is 1. The molecule has 0 bridgehead atoms. The predicted molar refractivity (Wildman–Crippen MR) is 90.9 cm³/mol. The highest BCUT2D eigenvalue weighted by atomic mass is 16.5. The second-order valence-electron chi connectivity index (χ2n) is 5.23. The third kappa shape index (κ3) is 4.21. The third-order valence-electron chi connectivity index (χ3n) is 3.28. The molecule has 2 rings (SSSR count). The SMILES string of the molecule is CCOC(=O)C(=[N+]=[N-])c1cc(C)ccc1N=Nc1ccc(C)cc1. The minimum absolute atomic E-state index is 0.184. The second-order valence-corrected chi connectivity index (χ2v) is 5.23. The van der Waals surface area contributed by atoms with Crippen LogP contribution in [0.25, 0.3) is 5.53 Å². The topological polar surface area (TPSA) is 87.4 Å². The molecule has 0 aromatic heterocycles. The van der Waals surface area contributed by atoms with Crippen molar-refractivity contribution in [2.45, 2.75) is 20.8 Å². The molecule has 24 heavy (non-hydrogen) atoms. The van der Waals surface area contributed by atoms with Gasteiger partial charge in [-0.25, -0.2) is 4.79 Å². The van der Waals surface area contributed by atoms with Crippen molar-refractivity contribution in [3.8, 4) is 0 Å². The normalized spacial score (nSPS) is 10.5. The molecule has 0 saturated heterocycles. The monoisotopic (exact) mass is 322 g/mol. The highest BCUT2D eigenvalue weighted by Crippen LogP contribution is 2.24. The van der Waals surface area contributed by atoms with Gasteiger partial charge in [-0.1, -0.05) is 29.3 Å². The van der Waals surface area contributed by atoms with Gasteiger partial charge in [0.05, 0.1) is 17.9 Å². The summed E-state index contributed by atoms with van der Waals surface area (Å²) in [6, 6.07) is 12.8. The second kappa shape index (κ2) is 7.94. The number of hydrogen-bond donors (Lipinski definition) is 0. The molecular formula is C18H18N4O2. The van der Waals surface area contributed by atoms with E-state index in [1.54, 1.807) is 19.1 Å². The largest absolute Gasteiger partial charge is 0.457 e. The standard InChI is InChI=1S/C18H18N4O2/c1-4-24-18(23)17(20-19)15-11-13(3)7-10-16(15)22-21-14-8-5-12(2)6-9-14/h5-11H,4H2,1-3H3. The molecule has 122 valence electrons. The van der Waals surface area contributed by atoms with Crippen LogP contribution in [0, 0.1) is 13.8 Å². The Bertz CT molecular complexity index is 819. The van der Waals surface area contributed by atoms with E-state index < -0.39 is 5.97 Å². The van der Waals surface area contributed by atoms with Gasteiger partial charge in [0.1, 0.15) is 5.69 Å². The molecule has 0 radical (unpaired) electrons. The van der Waals surface area contributed by atoms with Crippen molar-refractivity contribution < 1.29 is 14.3 Å². The lowest BCUT2D eigenvalue weighted by atomic mass is 10.1. The number of nitrogens with zero attached hydrogens (tertiary/aromatic N) is 4. The van der Waals surface area contributed by atoms with Crippen molar-refractivity contribution in [1.82, 2.24) is 0 Å². The molecular weight excluding hydrogens is 304 g/mol. The van der Waals surface area contributed by atoms with Gasteiger partial charge in [-0.2, -0.15) is 9.90 Å². The van der Waals surface area contributed by atoms with Crippen LogP contribution in [0.15, 0.2) is 52.7 Å². The average Bonchev–Trinajstić information content (AvgIpc) is 2.56. The zero-order chi connectivity index (χ0) is 17.5. The molecule has 0 aliphatic rings. The van der Waals surface area contributed by atoms with Crippen LogP contribution in [0.4, 0.5) is 11.4 Å². The van der Waals surface area contributed by atoms with Crippen molar-refractivity contribution in [3.63, 3.8) is 0 Å². The summed E-state index contributed by atoms with van der Waals surface area (Å²) in [6.07, 6.45) is 0. The summed E-state index contributed by atoms with van der Waals surface area (Å²) in [5, 5.41) is 8.35. The van der Waals surface area contributed by atoms with Crippen molar-refractivity contribution in [1.29, 1.82) is 0 Å². The molecule has 0 fully saturated rings. The zero-order valence-corrected chi connectivity index (χ0v) is 13.9. The van der Waals surface area contributed by atoms with E-state index in [9.17, 15) is 10.3 Å². The lowest BCUT2D eigenvalue weighted by molar-refractivity contribution is -0.139. The average molecular weight is 322 g/mol. The Kier molecular flexibility index (Phi) is 5.71. The van der Waals surface area contributed by atoms with E-state index in [4.69, 9.17) is 4.74 Å². The maximum Gasteiger partial charge on any atom is 0.422 e. The molecule has 0 amide bonds. The number of benzene rings is 2. The van der Waals surface area contributed by atoms with Gasteiger partial charge in [-0.15, -0.1) is 5.11 Å². The Morgan fingerprint density at radius 3 is 2.38 bits per heavy atom. The number of rotatable bonds is 5. The number of carbonyl (C=O) groups excluding carboxylic acids is 1. The van der Waals surface area contributed by atoms with Crippen LogP contribution in [-0.2, 0) is 9.53 Å². The van der Waals surface area contributed by atoms with Gasteiger partial charge < -0.3 is 10.3 Å². The van der Waals surface area contributed by atoms with Gasteiger partial charge in [0.15, 0.2) is 0 Å². The molecule has 0 saturated carbocycles. The van der Waals surface area contributed by atoms with E-state index in [2.05, 4.69) is 15.0 Å². The van der Waals surface area contributed by atoms with Gasteiger partial charge in [0.2, 0.25) is 0 Å². The zero-order valence-electron chi connectivity index (χ0n) is 13.9. The lowest BCUT2D eigenvalue weighted by Gasteiger charge is -2.03. The lowest BCUT2D eigenvalue weighted by Crippen LogP contribution is -2.20. The van der Waals surface area contributed by atoms with E-state index in [0.717, 1.165) is 11.1 Å². The summed E-state index contributed by atoms with van der Waals surface area (Å²) in [4.78, 5) is 15.1. The molecule has 0 aliphatic heterocycles. The number of aryl methyl sites for hydroxylation is 2. The molecule has 6 nitrogen and oxygen atoms in total. The Morgan fingerprint density at radius 1 is 1.08 bits per heavy atom. The van der Waals surface area contributed by atoms with Gasteiger partial charge in [-0.05, 0) is 45.0 Å². The van der Waals surface area contributed by atoms with Crippen LogP contribution in [0.2, 0.25) is 0 Å². The van der Waals surface area contributed by atoms with Crippen molar-refractivity contribution in [2.75, 3.05) is 6.61 Å². The molecule has 6 heteroatoms. The summed E-state index contributed by atoms with van der Waals surface area (Å²) < 4.78 is 4.92. The minimum atomic E-state index is -0.711. The molecule has 0 atom stereocenters. The highest BCUT2D eigenvalue weighted by Gasteiger charge is 2.27. The van der Waals surface area contributed by atoms with Crippen LogP contribution in [0.3, 0.4) is 0 Å². The van der Waals surface area contributed by atoms with Crippen LogP contribution in [0.1, 0.15) is 23.6 Å². The van der Waals surface area contributed by atoms with Gasteiger partial charge in [0.25, 0.3) is 0 Å². The Labute approximate surface area is 140 Å². The Balaban J connectivity index is 2.42. The maximum atomic E-state index is 12.0. The fourth-order valence-corrected chi connectivity index (χ4v) is 2.05. The summed E-state index contributed by atoms with van der Waals surface area (Å²) in [6.45, 7) is 5.72. The van der Waals surface area contributed by atoms with Gasteiger partial charge in [0, 0.05) is 0 Å². The predicted octanol–water partition coefficient (Wildman–Crippen LogP) is 4.30.